The third-order valence-electron chi connectivity index (χ3n) is 3.49. The van der Waals surface area contributed by atoms with Gasteiger partial charge in [0.15, 0.2) is 0 Å². The quantitative estimate of drug-likeness (QED) is 0.542. The Hall–Kier alpha value is -0.340. The number of hydrogen-bond acceptors (Lipinski definition) is 2. The van der Waals surface area contributed by atoms with Crippen molar-refractivity contribution in [2.75, 3.05) is 19.6 Å². The van der Waals surface area contributed by atoms with E-state index >= 15 is 0 Å². The minimum atomic E-state index is 0.784. The van der Waals surface area contributed by atoms with Crippen LogP contribution in [0.5, 0.6) is 0 Å². The third kappa shape index (κ3) is 2.58. The van der Waals surface area contributed by atoms with Crippen molar-refractivity contribution in [1.29, 1.82) is 0 Å². The zero-order valence-electron chi connectivity index (χ0n) is 9.04. The summed E-state index contributed by atoms with van der Waals surface area (Å²) in [7, 11) is 0. The maximum absolute atomic E-state index is 3.77. The third-order valence-corrected chi connectivity index (χ3v) is 3.49. The lowest BCUT2D eigenvalue weighted by Gasteiger charge is -2.23. The van der Waals surface area contributed by atoms with Crippen molar-refractivity contribution in [1.82, 2.24) is 10.2 Å². The fraction of sp³-hybridized carbons (Fsp3) is 0.833. The maximum Gasteiger partial charge on any atom is 0.0198 e. The van der Waals surface area contributed by atoms with Gasteiger partial charge in [-0.3, -0.25) is 0 Å². The van der Waals surface area contributed by atoms with Crippen LogP contribution in [-0.2, 0) is 0 Å². The monoisotopic (exact) mass is 194 g/mol. The Morgan fingerprint density at radius 1 is 1.29 bits per heavy atom. The van der Waals surface area contributed by atoms with Gasteiger partial charge in [-0.15, -0.1) is 6.58 Å². The van der Waals surface area contributed by atoms with E-state index in [4.69, 9.17) is 0 Å². The number of fused-ring (bicyclic) bond motifs is 2. The lowest BCUT2D eigenvalue weighted by molar-refractivity contribution is 0.256. The van der Waals surface area contributed by atoms with Gasteiger partial charge in [-0.25, -0.2) is 0 Å². The van der Waals surface area contributed by atoms with Gasteiger partial charge in [0.2, 0.25) is 0 Å². The predicted octanol–water partition coefficient (Wildman–Crippen LogP) is 1.78. The number of nitrogens with zero attached hydrogens (tertiary/aromatic N) is 1. The Morgan fingerprint density at radius 3 is 3.00 bits per heavy atom. The lowest BCUT2D eigenvalue weighted by Crippen LogP contribution is -2.35. The molecule has 0 aromatic carbocycles. The molecule has 2 aliphatic heterocycles. The van der Waals surface area contributed by atoms with Crippen LogP contribution in [0.25, 0.3) is 0 Å². The minimum Gasteiger partial charge on any atom is -0.310 e. The molecule has 2 atom stereocenters. The average Bonchev–Trinajstić information content (AvgIpc) is 2.50. The summed E-state index contributed by atoms with van der Waals surface area (Å²) in [5, 5.41) is 3.71. The van der Waals surface area contributed by atoms with Crippen molar-refractivity contribution in [3.8, 4) is 0 Å². The second-order valence-corrected chi connectivity index (χ2v) is 4.66. The first-order valence-corrected chi connectivity index (χ1v) is 5.98. The van der Waals surface area contributed by atoms with Crippen molar-refractivity contribution in [2.24, 2.45) is 0 Å². The molecule has 14 heavy (non-hydrogen) atoms. The largest absolute Gasteiger partial charge is 0.310 e. The second-order valence-electron chi connectivity index (χ2n) is 4.66. The van der Waals surface area contributed by atoms with Gasteiger partial charge in [-0.2, -0.15) is 0 Å². The Kier molecular flexibility index (Phi) is 3.60. The molecule has 2 heterocycles. The Bertz CT molecular complexity index is 191. The van der Waals surface area contributed by atoms with Gasteiger partial charge in [0.05, 0.1) is 0 Å². The second kappa shape index (κ2) is 4.94. The number of nitrogens with one attached hydrogen (secondary N) is 1. The molecule has 0 aromatic rings. The normalized spacial score (nSPS) is 32.9. The molecule has 2 bridgehead atoms. The number of allylic oxidation sites excluding steroid dienone is 1. The summed E-state index contributed by atoms with van der Waals surface area (Å²) in [4.78, 5) is 2.63. The molecule has 1 N–H and O–H groups in total. The van der Waals surface area contributed by atoms with Gasteiger partial charge in [0, 0.05) is 18.6 Å². The highest BCUT2D eigenvalue weighted by atomic mass is 15.2. The van der Waals surface area contributed by atoms with Gasteiger partial charge in [0.25, 0.3) is 0 Å². The van der Waals surface area contributed by atoms with Crippen LogP contribution in [0.2, 0.25) is 0 Å². The van der Waals surface area contributed by atoms with E-state index in [0.29, 0.717) is 0 Å². The van der Waals surface area contributed by atoms with E-state index in [2.05, 4.69) is 16.8 Å². The van der Waals surface area contributed by atoms with Crippen LogP contribution >= 0.6 is 0 Å². The molecule has 80 valence electrons. The van der Waals surface area contributed by atoms with Crippen LogP contribution in [0.1, 0.15) is 32.1 Å². The van der Waals surface area contributed by atoms with Crippen LogP contribution in [0.15, 0.2) is 12.7 Å². The van der Waals surface area contributed by atoms with E-state index in [0.717, 1.165) is 18.5 Å². The highest BCUT2D eigenvalue weighted by molar-refractivity contribution is 4.89. The lowest BCUT2D eigenvalue weighted by atomic mass is 10.1. The molecule has 0 spiro atoms. The molecule has 2 unspecified atom stereocenters. The molecule has 0 aliphatic carbocycles. The molecule has 2 rings (SSSR count). The van der Waals surface area contributed by atoms with Crippen LogP contribution < -0.4 is 5.32 Å². The van der Waals surface area contributed by atoms with Crippen LogP contribution in [0.4, 0.5) is 0 Å². The molecule has 0 saturated carbocycles. The molecule has 2 nitrogen and oxygen atoms in total. The topological polar surface area (TPSA) is 15.3 Å². The summed E-state index contributed by atoms with van der Waals surface area (Å²) in [5.41, 5.74) is 0. The highest BCUT2D eigenvalue weighted by Gasteiger charge is 2.28. The van der Waals surface area contributed by atoms with Crippen molar-refractivity contribution in [3.05, 3.63) is 12.7 Å². The van der Waals surface area contributed by atoms with E-state index in [-0.39, 0.29) is 0 Å². The summed E-state index contributed by atoms with van der Waals surface area (Å²) < 4.78 is 0. The smallest absolute Gasteiger partial charge is 0.0198 e. The fourth-order valence-electron chi connectivity index (χ4n) is 2.68. The molecule has 2 fully saturated rings. The van der Waals surface area contributed by atoms with Crippen LogP contribution in [-0.4, -0.2) is 36.6 Å². The summed E-state index contributed by atoms with van der Waals surface area (Å²) >= 11 is 0. The van der Waals surface area contributed by atoms with Crippen molar-refractivity contribution < 1.29 is 0 Å². The van der Waals surface area contributed by atoms with Gasteiger partial charge in [0.1, 0.15) is 0 Å². The van der Waals surface area contributed by atoms with Gasteiger partial charge >= 0.3 is 0 Å². The van der Waals surface area contributed by atoms with Gasteiger partial charge in [-0.05, 0) is 45.2 Å². The molecule has 2 saturated heterocycles. The minimum absolute atomic E-state index is 0.784. The molecular weight excluding hydrogens is 172 g/mol. The number of hydrogen-bond donors (Lipinski definition) is 1. The zero-order chi connectivity index (χ0) is 9.80. The summed E-state index contributed by atoms with van der Waals surface area (Å²) in [6.07, 6.45) is 8.62. The Labute approximate surface area is 87.4 Å². The van der Waals surface area contributed by atoms with Gasteiger partial charge < -0.3 is 10.2 Å². The van der Waals surface area contributed by atoms with E-state index < -0.39 is 0 Å². The van der Waals surface area contributed by atoms with Crippen molar-refractivity contribution >= 4 is 0 Å². The van der Waals surface area contributed by atoms with Gasteiger partial charge in [-0.1, -0.05) is 6.08 Å². The number of rotatable bonds is 4. The first-order chi connectivity index (χ1) is 6.88. The summed E-state index contributed by atoms with van der Waals surface area (Å²) in [5.74, 6) is 0. The number of unbranched alkanes of at least 4 members (excludes halogenated alkanes) is 1. The van der Waals surface area contributed by atoms with Crippen LogP contribution in [0, 0.1) is 0 Å². The molecular formula is C12H22N2. The van der Waals surface area contributed by atoms with Crippen molar-refractivity contribution in [3.63, 3.8) is 0 Å². The fourth-order valence-corrected chi connectivity index (χ4v) is 2.68. The zero-order valence-corrected chi connectivity index (χ0v) is 9.04. The molecule has 2 heteroatoms. The predicted molar refractivity (Wildman–Crippen MR) is 60.4 cm³/mol. The molecule has 0 amide bonds. The number of likely N-dealkylation sites (tertiary alicyclic amines) is 1. The summed E-state index contributed by atoms with van der Waals surface area (Å²) in [6, 6.07) is 1.61. The molecule has 0 aromatic heterocycles. The van der Waals surface area contributed by atoms with E-state index in [1.54, 1.807) is 0 Å². The maximum atomic E-state index is 3.77. The first-order valence-electron chi connectivity index (χ1n) is 5.98. The summed E-state index contributed by atoms with van der Waals surface area (Å²) in [6.45, 7) is 7.60. The molecule has 0 radical (unpaired) electrons. The Morgan fingerprint density at radius 2 is 2.14 bits per heavy atom. The highest BCUT2D eigenvalue weighted by Crippen LogP contribution is 2.20. The van der Waals surface area contributed by atoms with E-state index in [9.17, 15) is 0 Å². The van der Waals surface area contributed by atoms with Crippen molar-refractivity contribution in [2.45, 2.75) is 44.2 Å². The molecule has 2 aliphatic rings. The SMILES string of the molecule is C=CCCCN1CCC2CCC(C1)N2. The van der Waals surface area contributed by atoms with E-state index in [1.165, 1.54) is 45.3 Å². The first kappa shape index (κ1) is 10.2. The van der Waals surface area contributed by atoms with E-state index in [1.807, 2.05) is 6.08 Å². The van der Waals surface area contributed by atoms with Crippen LogP contribution in [0.3, 0.4) is 0 Å². The average molecular weight is 194 g/mol. The Balaban J connectivity index is 1.74. The standard InChI is InChI=1S/C12H22N2/c1-2-3-4-8-14-9-7-11-5-6-12(10-14)13-11/h2,11-13H,1,3-10H2.